The second kappa shape index (κ2) is 5.57. The maximum Gasteiger partial charge on any atom is 0.244 e. The number of sulfonamides is 2. The first-order chi connectivity index (χ1) is 8.54. The third-order valence-electron chi connectivity index (χ3n) is 2.61. The minimum atomic E-state index is -3.69. The second-order valence-electron chi connectivity index (χ2n) is 4.24. The molecule has 0 aliphatic heterocycles. The average Bonchev–Trinajstić information content (AvgIpc) is 2.47. The van der Waals surface area contributed by atoms with Crippen LogP contribution in [0.3, 0.4) is 0 Å². The minimum Gasteiger partial charge on any atom is -0.271 e. The lowest BCUT2D eigenvalue weighted by atomic mass is 10.4. The molecule has 0 aliphatic rings. The normalized spacial score (nSPS) is 12.8. The van der Waals surface area contributed by atoms with Crippen LogP contribution < -0.4 is 9.86 Å². The van der Waals surface area contributed by atoms with E-state index in [2.05, 4.69) is 9.82 Å². The fraction of sp³-hybridized carbons (Fsp3) is 0.667. The van der Waals surface area contributed by atoms with Gasteiger partial charge in [0.05, 0.1) is 17.1 Å². The topological polar surface area (TPSA) is 124 Å². The molecule has 8 nitrogen and oxygen atoms in total. The maximum atomic E-state index is 12.1. The number of nitrogens with one attached hydrogen (secondary N) is 1. The predicted octanol–water partition coefficient (Wildman–Crippen LogP) is -1.01. The maximum absolute atomic E-state index is 12.1. The summed E-state index contributed by atoms with van der Waals surface area (Å²) in [5, 5.41) is 8.86. The molecule has 0 unspecified atom stereocenters. The zero-order valence-electron chi connectivity index (χ0n) is 11.0. The van der Waals surface area contributed by atoms with Crippen LogP contribution >= 0.6 is 0 Å². The number of nitrogens with zero attached hydrogens (tertiary/aromatic N) is 2. The molecule has 0 saturated heterocycles. The van der Waals surface area contributed by atoms with Gasteiger partial charge in [-0.2, -0.15) is 5.10 Å². The van der Waals surface area contributed by atoms with Gasteiger partial charge in [-0.3, -0.25) is 4.68 Å². The fourth-order valence-corrected chi connectivity index (χ4v) is 3.75. The Balaban J connectivity index is 2.77. The molecule has 0 fully saturated rings. The summed E-state index contributed by atoms with van der Waals surface area (Å²) >= 11 is 0. The first-order valence-corrected chi connectivity index (χ1v) is 8.75. The smallest absolute Gasteiger partial charge is 0.244 e. The van der Waals surface area contributed by atoms with Gasteiger partial charge in [0.1, 0.15) is 4.90 Å². The molecule has 0 radical (unpaired) electrons. The van der Waals surface area contributed by atoms with E-state index in [1.165, 1.54) is 4.68 Å². The third-order valence-corrected chi connectivity index (χ3v) is 5.18. The molecule has 1 aromatic rings. The Morgan fingerprint density at radius 2 is 1.84 bits per heavy atom. The molecule has 110 valence electrons. The monoisotopic (exact) mass is 310 g/mol. The van der Waals surface area contributed by atoms with Crippen LogP contribution in [0.2, 0.25) is 0 Å². The van der Waals surface area contributed by atoms with Gasteiger partial charge in [-0.15, -0.1) is 0 Å². The van der Waals surface area contributed by atoms with Crippen LogP contribution in [0.5, 0.6) is 0 Å². The van der Waals surface area contributed by atoms with Gasteiger partial charge in [0.25, 0.3) is 0 Å². The largest absolute Gasteiger partial charge is 0.271 e. The van der Waals surface area contributed by atoms with Crippen LogP contribution in [-0.2, 0) is 27.1 Å². The van der Waals surface area contributed by atoms with Crippen molar-refractivity contribution in [2.24, 2.45) is 12.2 Å². The Labute approximate surface area is 113 Å². The van der Waals surface area contributed by atoms with E-state index >= 15 is 0 Å². The lowest BCUT2D eigenvalue weighted by molar-refractivity contribution is 0.575. The molecule has 10 heteroatoms. The number of rotatable bonds is 6. The molecule has 0 amide bonds. The quantitative estimate of drug-likeness (QED) is 0.652. The predicted molar refractivity (Wildman–Crippen MR) is 70.5 cm³/mol. The van der Waals surface area contributed by atoms with Crippen molar-refractivity contribution >= 4 is 20.0 Å². The summed E-state index contributed by atoms with van der Waals surface area (Å²) in [6, 6.07) is 0. The van der Waals surface area contributed by atoms with E-state index in [1.807, 2.05) is 0 Å². The molecule has 0 aliphatic carbocycles. The summed E-state index contributed by atoms with van der Waals surface area (Å²) in [6.45, 7) is 3.26. The minimum absolute atomic E-state index is 0.00649. The van der Waals surface area contributed by atoms with E-state index in [4.69, 9.17) is 5.14 Å². The van der Waals surface area contributed by atoms with Crippen LogP contribution in [0.25, 0.3) is 0 Å². The zero-order chi connectivity index (χ0) is 14.8. The van der Waals surface area contributed by atoms with E-state index in [0.29, 0.717) is 11.4 Å². The van der Waals surface area contributed by atoms with E-state index in [9.17, 15) is 16.8 Å². The van der Waals surface area contributed by atoms with Gasteiger partial charge in [0, 0.05) is 13.6 Å². The number of aryl methyl sites for hydroxylation is 2. The summed E-state index contributed by atoms with van der Waals surface area (Å²) < 4.78 is 49.4. The lowest BCUT2D eigenvalue weighted by Gasteiger charge is -2.06. The van der Waals surface area contributed by atoms with Gasteiger partial charge in [-0.25, -0.2) is 26.7 Å². The first-order valence-electron chi connectivity index (χ1n) is 5.55. The molecule has 1 rings (SSSR count). The molecular weight excluding hydrogens is 292 g/mol. The van der Waals surface area contributed by atoms with Gasteiger partial charge in [-0.05, 0) is 20.3 Å². The molecule has 19 heavy (non-hydrogen) atoms. The number of hydrogen-bond acceptors (Lipinski definition) is 5. The summed E-state index contributed by atoms with van der Waals surface area (Å²) in [5.41, 5.74) is 0.926. The van der Waals surface area contributed by atoms with Gasteiger partial charge in [-0.1, -0.05) is 0 Å². The second-order valence-corrected chi connectivity index (χ2v) is 7.68. The van der Waals surface area contributed by atoms with Crippen LogP contribution in [0.15, 0.2) is 4.90 Å². The van der Waals surface area contributed by atoms with E-state index in [1.54, 1.807) is 20.9 Å². The van der Waals surface area contributed by atoms with Crippen molar-refractivity contribution in [3.8, 4) is 0 Å². The van der Waals surface area contributed by atoms with Crippen molar-refractivity contribution < 1.29 is 16.8 Å². The molecule has 3 N–H and O–H groups in total. The van der Waals surface area contributed by atoms with Gasteiger partial charge in [0.15, 0.2) is 0 Å². The number of nitrogens with two attached hydrogens (primary N) is 1. The Morgan fingerprint density at radius 3 is 2.26 bits per heavy atom. The third kappa shape index (κ3) is 4.27. The highest BCUT2D eigenvalue weighted by Gasteiger charge is 2.23. The fourth-order valence-electron chi connectivity index (χ4n) is 1.70. The zero-order valence-corrected chi connectivity index (χ0v) is 12.7. The summed E-state index contributed by atoms with van der Waals surface area (Å²) in [5.74, 6) is -0.263. The SMILES string of the molecule is Cc1nn(C)c(C)c1S(=O)(=O)NCCCS(N)(=O)=O. The molecule has 0 aromatic carbocycles. The molecule has 0 bridgehead atoms. The molecule has 0 atom stereocenters. The summed E-state index contributed by atoms with van der Waals surface area (Å²) in [4.78, 5) is 0.130. The van der Waals surface area contributed by atoms with Crippen LogP contribution in [0.4, 0.5) is 0 Å². The summed E-state index contributed by atoms with van der Waals surface area (Å²) in [6.07, 6.45) is 0.121. The Morgan fingerprint density at radius 1 is 1.26 bits per heavy atom. The van der Waals surface area contributed by atoms with Crippen molar-refractivity contribution in [1.29, 1.82) is 0 Å². The van der Waals surface area contributed by atoms with Crippen molar-refractivity contribution in [1.82, 2.24) is 14.5 Å². The van der Waals surface area contributed by atoms with E-state index in [0.717, 1.165) is 0 Å². The Bertz CT molecular complexity index is 661. The van der Waals surface area contributed by atoms with Crippen LogP contribution in [0, 0.1) is 13.8 Å². The average molecular weight is 310 g/mol. The van der Waals surface area contributed by atoms with Crippen molar-refractivity contribution in [2.75, 3.05) is 12.3 Å². The van der Waals surface area contributed by atoms with E-state index < -0.39 is 20.0 Å². The highest BCUT2D eigenvalue weighted by atomic mass is 32.2. The van der Waals surface area contributed by atoms with Crippen LogP contribution in [0.1, 0.15) is 17.8 Å². The van der Waals surface area contributed by atoms with Crippen molar-refractivity contribution in [3.63, 3.8) is 0 Å². The molecular formula is C9H18N4O4S2. The van der Waals surface area contributed by atoms with E-state index in [-0.39, 0.29) is 23.6 Å². The van der Waals surface area contributed by atoms with Crippen LogP contribution in [-0.4, -0.2) is 38.9 Å². The molecule has 1 aromatic heterocycles. The Hall–Kier alpha value is -0.970. The van der Waals surface area contributed by atoms with Gasteiger partial charge >= 0.3 is 0 Å². The number of hydrogen-bond donors (Lipinski definition) is 2. The standard InChI is InChI=1S/C9H18N4O4S2/c1-7-9(8(2)13(3)12-7)19(16,17)11-5-4-6-18(10,14)15/h11H,4-6H2,1-3H3,(H2,10,14,15). The molecule has 1 heterocycles. The Kier molecular flexibility index (Phi) is 4.72. The first kappa shape index (κ1) is 16.1. The van der Waals surface area contributed by atoms with Gasteiger partial charge in [0.2, 0.25) is 20.0 Å². The molecule has 0 saturated carbocycles. The van der Waals surface area contributed by atoms with Crippen molar-refractivity contribution in [3.05, 3.63) is 11.4 Å². The number of primary sulfonamides is 1. The lowest BCUT2D eigenvalue weighted by Crippen LogP contribution is -2.28. The highest BCUT2D eigenvalue weighted by Crippen LogP contribution is 2.17. The highest BCUT2D eigenvalue weighted by molar-refractivity contribution is 7.89. The van der Waals surface area contributed by atoms with Gasteiger partial charge < -0.3 is 0 Å². The number of aromatic nitrogens is 2. The summed E-state index contributed by atoms with van der Waals surface area (Å²) in [7, 11) is -5.60. The molecule has 0 spiro atoms. The van der Waals surface area contributed by atoms with Crippen molar-refractivity contribution in [2.45, 2.75) is 25.2 Å².